The van der Waals surface area contributed by atoms with Crippen LogP contribution in [0, 0.1) is 6.92 Å². The molecule has 1 N–H and O–H groups in total. The van der Waals surface area contributed by atoms with E-state index >= 15 is 0 Å². The van der Waals surface area contributed by atoms with Crippen LogP contribution < -0.4 is 5.32 Å². The maximum absolute atomic E-state index is 12.0. The molecule has 0 unspecified atom stereocenters. The molecule has 0 fully saturated rings. The molecule has 1 aromatic carbocycles. The molecular weight excluding hydrogens is 410 g/mol. The van der Waals surface area contributed by atoms with E-state index in [1.54, 1.807) is 29.3 Å². The van der Waals surface area contributed by atoms with E-state index in [4.69, 9.17) is 4.98 Å². The quantitative estimate of drug-likeness (QED) is 0.463. The fourth-order valence-electron chi connectivity index (χ4n) is 2.75. The number of carbonyl (C=O) groups is 1. The summed E-state index contributed by atoms with van der Waals surface area (Å²) >= 11 is 3.36. The summed E-state index contributed by atoms with van der Waals surface area (Å²) in [5, 5.41) is 4.03. The number of hydrogen-bond acceptors (Lipinski definition) is 5. The second-order valence-corrected chi connectivity index (χ2v) is 8.60. The van der Waals surface area contributed by atoms with Gasteiger partial charge in [0.15, 0.2) is 0 Å². The van der Waals surface area contributed by atoms with Crippen LogP contribution in [-0.4, -0.2) is 28.2 Å². The zero-order valence-electron chi connectivity index (χ0n) is 18.3. The molecular formula is C24H31N3OS2. The Kier molecular flexibility index (Phi) is 10.6. The highest BCUT2D eigenvalue weighted by atomic mass is 32.2. The molecule has 3 aromatic rings. The van der Waals surface area contributed by atoms with Crippen molar-refractivity contribution in [3.8, 4) is 10.6 Å². The number of thioether (sulfide) groups is 1. The summed E-state index contributed by atoms with van der Waals surface area (Å²) in [6.45, 7) is 8.85. The number of carbonyl (C=O) groups excluding carboxylic acids is 1. The van der Waals surface area contributed by atoms with Gasteiger partial charge in [0.1, 0.15) is 5.01 Å². The highest BCUT2D eigenvalue weighted by Gasteiger charge is 2.10. The minimum Gasteiger partial charge on any atom is -0.355 e. The predicted molar refractivity (Wildman–Crippen MR) is 130 cm³/mol. The van der Waals surface area contributed by atoms with Gasteiger partial charge in [0.05, 0.1) is 11.4 Å². The number of aryl methyl sites for hydroxylation is 2. The first-order valence-corrected chi connectivity index (χ1v) is 12.4. The molecule has 0 saturated heterocycles. The Balaban J connectivity index is 0.00000155. The first-order valence-electron chi connectivity index (χ1n) is 10.4. The smallest absolute Gasteiger partial charge is 0.230 e. The van der Waals surface area contributed by atoms with Crippen LogP contribution in [0.5, 0.6) is 0 Å². The van der Waals surface area contributed by atoms with E-state index in [9.17, 15) is 4.79 Å². The molecule has 0 radical (unpaired) electrons. The molecule has 1 amide bonds. The zero-order valence-corrected chi connectivity index (χ0v) is 19.9. The number of hydrogen-bond donors (Lipinski definition) is 1. The fourth-order valence-corrected chi connectivity index (χ4v) is 4.88. The third-order valence-corrected chi connectivity index (χ3v) is 6.78. The maximum atomic E-state index is 12.0. The van der Waals surface area contributed by atoms with Crippen LogP contribution >= 0.6 is 23.1 Å². The normalized spacial score (nSPS) is 10.3. The van der Waals surface area contributed by atoms with Gasteiger partial charge in [-0.1, -0.05) is 51.1 Å². The predicted octanol–water partition coefficient (Wildman–Crippen LogP) is 5.69. The Morgan fingerprint density at radius 2 is 1.90 bits per heavy atom. The molecule has 30 heavy (non-hydrogen) atoms. The van der Waals surface area contributed by atoms with Crippen molar-refractivity contribution >= 4 is 29.0 Å². The van der Waals surface area contributed by atoms with E-state index in [0.717, 1.165) is 40.4 Å². The Morgan fingerprint density at radius 3 is 2.57 bits per heavy atom. The molecule has 0 aliphatic heterocycles. The van der Waals surface area contributed by atoms with Crippen molar-refractivity contribution < 1.29 is 4.79 Å². The molecule has 2 heterocycles. The summed E-state index contributed by atoms with van der Waals surface area (Å²) in [5.74, 6) is 1.35. The Bertz CT molecular complexity index is 893. The molecule has 2 aromatic heterocycles. The van der Waals surface area contributed by atoms with E-state index in [2.05, 4.69) is 41.5 Å². The van der Waals surface area contributed by atoms with Crippen molar-refractivity contribution in [2.75, 3.05) is 12.3 Å². The summed E-state index contributed by atoms with van der Waals surface area (Å²) in [6.07, 6.45) is 5.44. The Hall–Kier alpha value is -2.18. The summed E-state index contributed by atoms with van der Waals surface area (Å²) < 4.78 is 0. The zero-order chi connectivity index (χ0) is 21.8. The van der Waals surface area contributed by atoms with E-state index in [0.29, 0.717) is 12.3 Å². The molecule has 0 spiro atoms. The number of amides is 1. The van der Waals surface area contributed by atoms with Crippen LogP contribution in [0.1, 0.15) is 42.5 Å². The molecule has 6 heteroatoms. The molecule has 3 rings (SSSR count). The molecule has 4 nitrogen and oxygen atoms in total. The minimum atomic E-state index is 0.0754. The molecule has 160 valence electrons. The minimum absolute atomic E-state index is 0.0754. The molecule has 0 atom stereocenters. The van der Waals surface area contributed by atoms with Crippen LogP contribution in [0.4, 0.5) is 0 Å². The van der Waals surface area contributed by atoms with Crippen molar-refractivity contribution in [2.45, 2.75) is 46.3 Å². The van der Waals surface area contributed by atoms with Gasteiger partial charge in [0.2, 0.25) is 5.91 Å². The first kappa shape index (κ1) is 24.1. The van der Waals surface area contributed by atoms with Gasteiger partial charge in [0.25, 0.3) is 0 Å². The van der Waals surface area contributed by atoms with Gasteiger partial charge in [-0.3, -0.25) is 9.78 Å². The topological polar surface area (TPSA) is 54.9 Å². The fraction of sp³-hybridized carbons (Fsp3) is 0.375. The van der Waals surface area contributed by atoms with Crippen molar-refractivity contribution in [1.29, 1.82) is 0 Å². The van der Waals surface area contributed by atoms with Gasteiger partial charge in [-0.05, 0) is 37.0 Å². The van der Waals surface area contributed by atoms with E-state index in [1.165, 1.54) is 10.4 Å². The second-order valence-electron chi connectivity index (χ2n) is 6.53. The van der Waals surface area contributed by atoms with Crippen LogP contribution in [0.3, 0.4) is 0 Å². The van der Waals surface area contributed by atoms with Gasteiger partial charge >= 0.3 is 0 Å². The van der Waals surface area contributed by atoms with Gasteiger partial charge < -0.3 is 5.32 Å². The lowest BCUT2D eigenvalue weighted by Crippen LogP contribution is -2.27. The lowest BCUT2D eigenvalue weighted by atomic mass is 10.1. The lowest BCUT2D eigenvalue weighted by Gasteiger charge is -2.05. The van der Waals surface area contributed by atoms with Gasteiger partial charge in [-0.2, -0.15) is 0 Å². The standard InChI is InChI=1S/C22H25N3OS2.C2H6/c1-3-17-6-8-19(9-7-17)22-25-16(2)20(28-22)14-27-15-21(26)24-12-10-18-5-4-11-23-13-18;1-2/h4-9,11,13H,3,10,12,14-15H2,1-2H3,(H,24,26);1-2H3. The summed E-state index contributed by atoms with van der Waals surface area (Å²) in [5.41, 5.74) is 4.69. The van der Waals surface area contributed by atoms with Gasteiger partial charge in [0, 0.05) is 35.1 Å². The second kappa shape index (κ2) is 13.2. The maximum Gasteiger partial charge on any atom is 0.230 e. The molecule has 0 bridgehead atoms. The third kappa shape index (κ3) is 7.58. The highest BCUT2D eigenvalue weighted by Crippen LogP contribution is 2.30. The van der Waals surface area contributed by atoms with Gasteiger partial charge in [-0.15, -0.1) is 23.1 Å². The number of aromatic nitrogens is 2. The number of thiazole rings is 1. The molecule has 0 aliphatic carbocycles. The monoisotopic (exact) mass is 441 g/mol. The number of nitrogens with zero attached hydrogens (tertiary/aromatic N) is 2. The highest BCUT2D eigenvalue weighted by molar-refractivity contribution is 7.99. The average molecular weight is 442 g/mol. The summed E-state index contributed by atoms with van der Waals surface area (Å²) in [7, 11) is 0. The van der Waals surface area contributed by atoms with Crippen molar-refractivity contribution in [2.24, 2.45) is 0 Å². The number of nitrogens with one attached hydrogen (secondary N) is 1. The molecule has 0 aliphatic rings. The van der Waals surface area contributed by atoms with Crippen LogP contribution in [-0.2, 0) is 23.4 Å². The molecule has 0 saturated carbocycles. The number of rotatable bonds is 9. The van der Waals surface area contributed by atoms with E-state index in [-0.39, 0.29) is 5.91 Å². The Labute approximate surface area is 188 Å². The van der Waals surface area contributed by atoms with Crippen molar-refractivity contribution in [3.05, 3.63) is 70.5 Å². The average Bonchev–Trinajstić information content (AvgIpc) is 3.16. The number of pyridine rings is 1. The first-order chi connectivity index (χ1) is 14.7. The summed E-state index contributed by atoms with van der Waals surface area (Å²) in [4.78, 5) is 22.1. The van der Waals surface area contributed by atoms with E-state index < -0.39 is 0 Å². The number of benzene rings is 1. The van der Waals surface area contributed by atoms with Crippen molar-refractivity contribution in [1.82, 2.24) is 15.3 Å². The van der Waals surface area contributed by atoms with Crippen LogP contribution in [0.2, 0.25) is 0 Å². The van der Waals surface area contributed by atoms with Crippen molar-refractivity contribution in [3.63, 3.8) is 0 Å². The van der Waals surface area contributed by atoms with Crippen LogP contribution in [0.15, 0.2) is 48.8 Å². The van der Waals surface area contributed by atoms with E-state index in [1.807, 2.05) is 39.1 Å². The van der Waals surface area contributed by atoms with Gasteiger partial charge in [-0.25, -0.2) is 4.98 Å². The third-order valence-electron chi connectivity index (χ3n) is 4.43. The lowest BCUT2D eigenvalue weighted by molar-refractivity contribution is -0.118. The SMILES string of the molecule is CC.CCc1ccc(-c2nc(C)c(CSCC(=O)NCCc3cccnc3)s2)cc1. The summed E-state index contributed by atoms with van der Waals surface area (Å²) in [6, 6.07) is 12.5. The Morgan fingerprint density at radius 1 is 1.13 bits per heavy atom. The largest absolute Gasteiger partial charge is 0.355 e. The van der Waals surface area contributed by atoms with Crippen LogP contribution in [0.25, 0.3) is 10.6 Å².